The number of rotatable bonds is 4. The van der Waals surface area contributed by atoms with Gasteiger partial charge in [0.1, 0.15) is 0 Å². The van der Waals surface area contributed by atoms with Gasteiger partial charge < -0.3 is 9.73 Å². The Kier molecular flexibility index (Phi) is 4.72. The summed E-state index contributed by atoms with van der Waals surface area (Å²) in [6.07, 6.45) is -6.78. The normalized spacial score (nSPS) is 12.6. The predicted molar refractivity (Wildman–Crippen MR) is 72.2 cm³/mol. The van der Waals surface area contributed by atoms with Crippen LogP contribution in [0.5, 0.6) is 0 Å². The van der Waals surface area contributed by atoms with E-state index < -0.39 is 35.0 Å². The molecule has 1 heterocycles. The summed E-state index contributed by atoms with van der Waals surface area (Å²) in [5, 5.41) is 2.22. The highest BCUT2D eigenvalue weighted by atomic mass is 19.4. The zero-order valence-corrected chi connectivity index (χ0v) is 11.7. The summed E-state index contributed by atoms with van der Waals surface area (Å²) in [5.74, 6) is -0.622. The van der Waals surface area contributed by atoms with Crippen LogP contribution in [0.15, 0.2) is 53.3 Å². The first-order valence-electron chi connectivity index (χ1n) is 6.38. The van der Waals surface area contributed by atoms with Crippen molar-refractivity contribution in [3.63, 3.8) is 0 Å². The molecule has 0 atom stereocenters. The van der Waals surface area contributed by atoms with Gasteiger partial charge >= 0.3 is 12.4 Å². The number of nitrogens with one attached hydrogen (secondary N) is 1. The van der Waals surface area contributed by atoms with Crippen molar-refractivity contribution in [3.05, 3.63) is 65.8 Å². The summed E-state index contributed by atoms with van der Waals surface area (Å²) < 4.78 is 81.0. The van der Waals surface area contributed by atoms with E-state index in [-0.39, 0.29) is 11.8 Å². The lowest BCUT2D eigenvalue weighted by molar-refractivity contribution is -0.143. The van der Waals surface area contributed by atoms with Gasteiger partial charge in [0.15, 0.2) is 5.76 Å². The standard InChI is InChI=1S/C15H9F6NO2/c16-14(17,18)9-6-10(15(19,20)21)8-11(7-9)22-4-3-12(23)13-2-1-5-24-13/h1-8,22H/b4-3+. The number of carbonyl (C=O) groups is 1. The minimum absolute atomic E-state index is 0.0168. The van der Waals surface area contributed by atoms with Crippen molar-refractivity contribution in [2.75, 3.05) is 5.32 Å². The van der Waals surface area contributed by atoms with E-state index in [1.807, 2.05) is 0 Å². The smallest absolute Gasteiger partial charge is 0.416 e. The fourth-order valence-electron chi connectivity index (χ4n) is 1.75. The summed E-state index contributed by atoms with van der Waals surface area (Å²) in [4.78, 5) is 11.6. The molecule has 0 aliphatic rings. The van der Waals surface area contributed by atoms with Gasteiger partial charge in [0, 0.05) is 18.0 Å². The van der Waals surface area contributed by atoms with Crippen molar-refractivity contribution in [1.82, 2.24) is 0 Å². The number of ketones is 1. The first-order valence-corrected chi connectivity index (χ1v) is 6.38. The molecule has 0 unspecified atom stereocenters. The maximum Gasteiger partial charge on any atom is 0.416 e. The van der Waals surface area contributed by atoms with E-state index in [0.717, 1.165) is 12.3 Å². The third kappa shape index (κ3) is 4.40. The monoisotopic (exact) mass is 349 g/mol. The lowest BCUT2D eigenvalue weighted by Crippen LogP contribution is -2.11. The van der Waals surface area contributed by atoms with E-state index in [2.05, 4.69) is 5.32 Å². The number of benzene rings is 1. The first-order chi connectivity index (χ1) is 11.1. The molecule has 24 heavy (non-hydrogen) atoms. The molecule has 0 fully saturated rings. The Morgan fingerprint density at radius 1 is 1.00 bits per heavy atom. The summed E-state index contributed by atoms with van der Waals surface area (Å²) in [5.41, 5.74) is -3.36. The Hall–Kier alpha value is -2.71. The van der Waals surface area contributed by atoms with Gasteiger partial charge in [-0.15, -0.1) is 0 Å². The Labute approximate surface area is 131 Å². The molecule has 0 saturated heterocycles. The van der Waals surface area contributed by atoms with Gasteiger partial charge in [-0.2, -0.15) is 26.3 Å². The second-order valence-electron chi connectivity index (χ2n) is 4.61. The van der Waals surface area contributed by atoms with Crippen molar-refractivity contribution in [3.8, 4) is 0 Å². The molecular formula is C15H9F6NO2. The van der Waals surface area contributed by atoms with E-state index >= 15 is 0 Å². The molecule has 0 amide bonds. The summed E-state index contributed by atoms with van der Waals surface area (Å²) >= 11 is 0. The van der Waals surface area contributed by atoms with Crippen LogP contribution in [0, 0.1) is 0 Å². The number of anilines is 1. The van der Waals surface area contributed by atoms with Crippen molar-refractivity contribution in [2.45, 2.75) is 12.4 Å². The second-order valence-corrected chi connectivity index (χ2v) is 4.61. The van der Waals surface area contributed by atoms with E-state index in [1.165, 1.54) is 18.4 Å². The van der Waals surface area contributed by atoms with Crippen LogP contribution in [0.3, 0.4) is 0 Å². The van der Waals surface area contributed by atoms with E-state index in [9.17, 15) is 31.1 Å². The number of allylic oxidation sites excluding steroid dienone is 1. The van der Waals surface area contributed by atoms with Gasteiger partial charge in [-0.05, 0) is 30.3 Å². The number of carbonyl (C=O) groups excluding carboxylic acids is 1. The molecule has 1 aromatic carbocycles. The molecule has 0 aliphatic heterocycles. The molecule has 9 heteroatoms. The zero-order valence-electron chi connectivity index (χ0n) is 11.7. The molecule has 1 aromatic heterocycles. The molecule has 0 spiro atoms. The van der Waals surface area contributed by atoms with Crippen molar-refractivity contribution in [2.24, 2.45) is 0 Å². The SMILES string of the molecule is O=C(/C=C/Nc1cc(C(F)(F)F)cc(C(F)(F)F)c1)c1ccco1. The summed E-state index contributed by atoms with van der Waals surface area (Å²) in [6, 6.07) is 3.85. The highest BCUT2D eigenvalue weighted by molar-refractivity contribution is 6.02. The lowest BCUT2D eigenvalue weighted by Gasteiger charge is -2.14. The van der Waals surface area contributed by atoms with E-state index in [4.69, 9.17) is 4.42 Å². The largest absolute Gasteiger partial charge is 0.461 e. The van der Waals surface area contributed by atoms with Crippen molar-refractivity contribution in [1.29, 1.82) is 0 Å². The van der Waals surface area contributed by atoms with E-state index in [1.54, 1.807) is 0 Å². The average Bonchev–Trinajstić information content (AvgIpc) is 2.99. The molecule has 0 bridgehead atoms. The van der Waals surface area contributed by atoms with Crippen LogP contribution >= 0.6 is 0 Å². The Bertz CT molecular complexity index is 712. The molecule has 2 aromatic rings. The molecule has 1 N–H and O–H groups in total. The number of hydrogen-bond donors (Lipinski definition) is 1. The predicted octanol–water partition coefficient (Wildman–Crippen LogP) is 5.13. The number of alkyl halides is 6. The topological polar surface area (TPSA) is 42.2 Å². The number of furan rings is 1. The maximum atomic E-state index is 12.7. The highest BCUT2D eigenvalue weighted by Crippen LogP contribution is 2.37. The van der Waals surface area contributed by atoms with Crippen molar-refractivity contribution >= 4 is 11.5 Å². The minimum atomic E-state index is -4.94. The van der Waals surface area contributed by atoms with Crippen LogP contribution < -0.4 is 5.32 Å². The first kappa shape index (κ1) is 17.6. The molecule has 0 aliphatic carbocycles. The van der Waals surface area contributed by atoms with Crippen LogP contribution in [0.2, 0.25) is 0 Å². The third-order valence-corrected chi connectivity index (χ3v) is 2.84. The number of hydrogen-bond acceptors (Lipinski definition) is 3. The lowest BCUT2D eigenvalue weighted by atomic mass is 10.1. The molecule has 3 nitrogen and oxygen atoms in total. The Balaban J connectivity index is 2.24. The van der Waals surface area contributed by atoms with Crippen molar-refractivity contribution < 1.29 is 35.6 Å². The van der Waals surface area contributed by atoms with Crippen LogP contribution in [-0.4, -0.2) is 5.78 Å². The number of halogens is 6. The molecule has 0 radical (unpaired) electrons. The van der Waals surface area contributed by atoms with Gasteiger partial charge in [-0.3, -0.25) is 4.79 Å². The highest BCUT2D eigenvalue weighted by Gasteiger charge is 2.36. The molecule has 0 saturated carbocycles. The van der Waals surface area contributed by atoms with Crippen LogP contribution in [-0.2, 0) is 12.4 Å². The Morgan fingerprint density at radius 2 is 1.58 bits per heavy atom. The molecule has 2 rings (SSSR count). The Morgan fingerprint density at radius 3 is 2.04 bits per heavy atom. The van der Waals surface area contributed by atoms with Crippen LogP contribution in [0.25, 0.3) is 0 Å². The van der Waals surface area contributed by atoms with Gasteiger partial charge in [-0.1, -0.05) is 0 Å². The maximum absolute atomic E-state index is 12.7. The molecular weight excluding hydrogens is 340 g/mol. The summed E-state index contributed by atoms with van der Waals surface area (Å²) in [7, 11) is 0. The van der Waals surface area contributed by atoms with Gasteiger partial charge in [-0.25, -0.2) is 0 Å². The quantitative estimate of drug-likeness (QED) is 0.473. The van der Waals surface area contributed by atoms with Gasteiger partial charge in [0.2, 0.25) is 5.78 Å². The molecule has 128 valence electrons. The summed E-state index contributed by atoms with van der Waals surface area (Å²) in [6.45, 7) is 0. The third-order valence-electron chi connectivity index (χ3n) is 2.84. The van der Waals surface area contributed by atoms with Crippen LogP contribution in [0.1, 0.15) is 21.7 Å². The van der Waals surface area contributed by atoms with Gasteiger partial charge in [0.25, 0.3) is 0 Å². The fraction of sp³-hybridized carbons (Fsp3) is 0.133. The fourth-order valence-corrected chi connectivity index (χ4v) is 1.75. The van der Waals surface area contributed by atoms with Gasteiger partial charge in [0.05, 0.1) is 17.4 Å². The van der Waals surface area contributed by atoms with Crippen LogP contribution in [0.4, 0.5) is 32.0 Å². The van der Waals surface area contributed by atoms with E-state index in [0.29, 0.717) is 12.1 Å². The second kappa shape index (κ2) is 6.42. The average molecular weight is 349 g/mol. The minimum Gasteiger partial charge on any atom is -0.461 e. The zero-order chi connectivity index (χ0) is 18.0.